The zero-order valence-electron chi connectivity index (χ0n) is 24.5. The standard InChI is InChI=1S/C19H22BN3O2.C13H10BrN3.2CH4/c1-13-10-22-23(12-13)17-9-14-7-6-8-16(15(14)11-21-17)20-24-18(2,3)19(4,5)25-20;1-9-6-16-17(8-9)13-5-10-3-2-4-12(14)11(10)7-15-13;;/h6-12H,1-5H3;2-8H,1H3;2*1H4. The predicted octanol–water partition coefficient (Wildman–Crippen LogP) is 7.79. The van der Waals surface area contributed by atoms with Crippen LogP contribution in [0.25, 0.3) is 33.2 Å². The molecule has 6 aromatic rings. The van der Waals surface area contributed by atoms with Gasteiger partial charge in [-0.05, 0) is 92.5 Å². The Morgan fingerprint density at radius 2 is 1.16 bits per heavy atom. The SMILES string of the molecule is C.C.Cc1cnn(-c2cc3cccc(B4OC(C)(C)C(C)(C)O4)c3cn2)c1.Cc1cnn(-c2cc3cccc(Br)c3cn2)c1. The lowest BCUT2D eigenvalue weighted by atomic mass is 9.76. The van der Waals surface area contributed by atoms with E-state index >= 15 is 0 Å². The molecule has 228 valence electrons. The van der Waals surface area contributed by atoms with Crippen molar-refractivity contribution in [3.8, 4) is 11.6 Å². The van der Waals surface area contributed by atoms with E-state index in [4.69, 9.17) is 9.31 Å². The summed E-state index contributed by atoms with van der Waals surface area (Å²) in [5, 5.41) is 13.0. The van der Waals surface area contributed by atoms with E-state index in [0.717, 1.165) is 54.2 Å². The van der Waals surface area contributed by atoms with Gasteiger partial charge in [0.05, 0.1) is 23.6 Å². The maximum atomic E-state index is 6.21. The largest absolute Gasteiger partial charge is 0.495 e. The monoisotopic (exact) mass is 654 g/mol. The molecule has 2 aromatic carbocycles. The lowest BCUT2D eigenvalue weighted by Gasteiger charge is -2.32. The molecule has 5 heterocycles. The first-order valence-corrected chi connectivity index (χ1v) is 14.6. The van der Waals surface area contributed by atoms with Crippen LogP contribution in [0.2, 0.25) is 0 Å². The Labute approximate surface area is 268 Å². The molecule has 0 spiro atoms. The van der Waals surface area contributed by atoms with Crippen LogP contribution in [0, 0.1) is 13.8 Å². The van der Waals surface area contributed by atoms with Crippen molar-refractivity contribution in [2.75, 3.05) is 0 Å². The maximum absolute atomic E-state index is 6.21. The fraction of sp³-hybridized carbons (Fsp3) is 0.294. The molecule has 0 atom stereocenters. The fourth-order valence-electron chi connectivity index (χ4n) is 4.81. The minimum atomic E-state index is -0.395. The maximum Gasteiger partial charge on any atom is 0.495 e. The third kappa shape index (κ3) is 6.34. The van der Waals surface area contributed by atoms with E-state index in [1.54, 1.807) is 9.36 Å². The van der Waals surface area contributed by atoms with Crippen molar-refractivity contribution in [2.45, 2.75) is 67.6 Å². The Bertz CT molecular complexity index is 1900. The van der Waals surface area contributed by atoms with Crippen LogP contribution in [-0.2, 0) is 9.31 Å². The lowest BCUT2D eigenvalue weighted by Crippen LogP contribution is -2.41. The van der Waals surface area contributed by atoms with Crippen molar-refractivity contribution in [3.05, 3.63) is 101 Å². The second kappa shape index (κ2) is 12.6. The summed E-state index contributed by atoms with van der Waals surface area (Å²) < 4.78 is 17.1. The molecule has 0 radical (unpaired) electrons. The minimum Gasteiger partial charge on any atom is -0.399 e. The van der Waals surface area contributed by atoms with Crippen LogP contribution in [0.1, 0.15) is 53.7 Å². The van der Waals surface area contributed by atoms with Crippen LogP contribution in [0.4, 0.5) is 0 Å². The number of aromatic nitrogens is 6. The Balaban J connectivity index is 0.000000205. The summed E-state index contributed by atoms with van der Waals surface area (Å²) in [5.41, 5.74) is 2.51. The van der Waals surface area contributed by atoms with Crippen LogP contribution in [0.5, 0.6) is 0 Å². The van der Waals surface area contributed by atoms with E-state index < -0.39 is 7.12 Å². The van der Waals surface area contributed by atoms with Crippen LogP contribution >= 0.6 is 15.9 Å². The molecule has 0 amide bonds. The molecule has 7 rings (SSSR count). The number of hydrogen-bond donors (Lipinski definition) is 0. The molecule has 1 aliphatic heterocycles. The minimum absolute atomic E-state index is 0. The van der Waals surface area contributed by atoms with Crippen molar-refractivity contribution in [1.29, 1.82) is 0 Å². The third-order valence-electron chi connectivity index (χ3n) is 7.88. The van der Waals surface area contributed by atoms with Gasteiger partial charge in [0, 0.05) is 34.6 Å². The highest BCUT2D eigenvalue weighted by Crippen LogP contribution is 2.37. The quantitative estimate of drug-likeness (QED) is 0.181. The molecule has 1 saturated heterocycles. The van der Waals surface area contributed by atoms with E-state index in [1.165, 1.54) is 0 Å². The summed E-state index contributed by atoms with van der Waals surface area (Å²) in [7, 11) is -0.395. The van der Waals surface area contributed by atoms with Gasteiger partial charge >= 0.3 is 7.12 Å². The van der Waals surface area contributed by atoms with Gasteiger partial charge in [-0.3, -0.25) is 0 Å². The van der Waals surface area contributed by atoms with Gasteiger partial charge in [0.25, 0.3) is 0 Å². The summed E-state index contributed by atoms with van der Waals surface area (Å²) in [6.45, 7) is 12.3. The number of nitrogens with zero attached hydrogens (tertiary/aromatic N) is 6. The van der Waals surface area contributed by atoms with Gasteiger partial charge in [-0.1, -0.05) is 61.1 Å². The second-order valence-electron chi connectivity index (χ2n) is 11.6. The molecule has 10 heteroatoms. The number of hydrogen-bond acceptors (Lipinski definition) is 6. The highest BCUT2D eigenvalue weighted by Gasteiger charge is 2.52. The smallest absolute Gasteiger partial charge is 0.399 e. The highest BCUT2D eigenvalue weighted by atomic mass is 79.9. The van der Waals surface area contributed by atoms with Crippen LogP contribution < -0.4 is 5.46 Å². The molecule has 1 fully saturated rings. The third-order valence-corrected chi connectivity index (χ3v) is 8.57. The Kier molecular flexibility index (Phi) is 9.49. The predicted molar refractivity (Wildman–Crippen MR) is 184 cm³/mol. The number of pyridine rings is 2. The van der Waals surface area contributed by atoms with Crippen molar-refractivity contribution < 1.29 is 9.31 Å². The Morgan fingerprint density at radius 1 is 0.682 bits per heavy atom. The van der Waals surface area contributed by atoms with Crippen molar-refractivity contribution in [1.82, 2.24) is 29.5 Å². The van der Waals surface area contributed by atoms with E-state index in [-0.39, 0.29) is 26.1 Å². The summed E-state index contributed by atoms with van der Waals surface area (Å²) >= 11 is 3.52. The summed E-state index contributed by atoms with van der Waals surface area (Å²) in [6.07, 6.45) is 11.3. The number of halogens is 1. The summed E-state index contributed by atoms with van der Waals surface area (Å²) in [5.74, 6) is 1.63. The Morgan fingerprint density at radius 3 is 1.66 bits per heavy atom. The average molecular weight is 655 g/mol. The first-order chi connectivity index (χ1) is 20.0. The Hall–Kier alpha value is -3.86. The lowest BCUT2D eigenvalue weighted by molar-refractivity contribution is 0.00578. The van der Waals surface area contributed by atoms with E-state index in [9.17, 15) is 0 Å². The first-order valence-electron chi connectivity index (χ1n) is 13.8. The molecule has 0 bridgehead atoms. The van der Waals surface area contributed by atoms with Gasteiger partial charge in [0.15, 0.2) is 11.6 Å². The van der Waals surface area contributed by atoms with Crippen LogP contribution in [-0.4, -0.2) is 47.8 Å². The number of benzene rings is 2. The van der Waals surface area contributed by atoms with Crippen molar-refractivity contribution in [3.63, 3.8) is 0 Å². The molecule has 4 aromatic heterocycles. The normalized spacial score (nSPS) is 14.9. The van der Waals surface area contributed by atoms with Gasteiger partial charge in [-0.15, -0.1) is 0 Å². The molecule has 8 nitrogen and oxygen atoms in total. The summed E-state index contributed by atoms with van der Waals surface area (Å²) in [6, 6.07) is 16.3. The van der Waals surface area contributed by atoms with Crippen molar-refractivity contribution in [2.24, 2.45) is 0 Å². The van der Waals surface area contributed by atoms with E-state index in [1.807, 2.05) is 87.4 Å². The number of aryl methyl sites for hydroxylation is 2. The van der Waals surface area contributed by atoms with Gasteiger partial charge in [0.1, 0.15) is 0 Å². The average Bonchev–Trinajstić information content (AvgIpc) is 3.65. The molecular weight excluding hydrogens is 615 g/mol. The zero-order valence-corrected chi connectivity index (χ0v) is 26.1. The molecule has 0 saturated carbocycles. The van der Waals surface area contributed by atoms with Crippen LogP contribution in [0.3, 0.4) is 0 Å². The highest BCUT2D eigenvalue weighted by molar-refractivity contribution is 9.10. The van der Waals surface area contributed by atoms with E-state index in [2.05, 4.69) is 75.9 Å². The second-order valence-corrected chi connectivity index (χ2v) is 12.5. The topological polar surface area (TPSA) is 79.9 Å². The molecule has 0 aliphatic carbocycles. The molecular formula is C34H40BBrN6O2. The van der Waals surface area contributed by atoms with Crippen LogP contribution in [0.15, 0.2) is 90.2 Å². The zero-order chi connectivity index (χ0) is 29.6. The van der Waals surface area contributed by atoms with E-state index in [0.29, 0.717) is 0 Å². The fourth-order valence-corrected chi connectivity index (χ4v) is 5.29. The van der Waals surface area contributed by atoms with Gasteiger partial charge in [-0.25, -0.2) is 19.3 Å². The molecule has 0 unspecified atom stereocenters. The molecule has 44 heavy (non-hydrogen) atoms. The number of fused-ring (bicyclic) bond motifs is 2. The summed E-state index contributed by atoms with van der Waals surface area (Å²) in [4.78, 5) is 9.01. The molecule has 0 N–H and O–H groups in total. The van der Waals surface area contributed by atoms with Gasteiger partial charge in [-0.2, -0.15) is 10.2 Å². The number of rotatable bonds is 3. The van der Waals surface area contributed by atoms with Gasteiger partial charge < -0.3 is 9.31 Å². The van der Waals surface area contributed by atoms with Gasteiger partial charge in [0.2, 0.25) is 0 Å². The van der Waals surface area contributed by atoms with Crippen molar-refractivity contribution >= 4 is 50.1 Å². The first kappa shape index (κ1) is 33.0. The molecule has 1 aliphatic rings.